The molecule has 0 bridgehead atoms. The van der Waals surface area contributed by atoms with E-state index in [0.717, 1.165) is 43.4 Å². The van der Waals surface area contributed by atoms with Gasteiger partial charge in [0, 0.05) is 29.6 Å². The van der Waals surface area contributed by atoms with E-state index >= 15 is 0 Å². The van der Waals surface area contributed by atoms with Crippen molar-refractivity contribution in [3.63, 3.8) is 0 Å². The van der Waals surface area contributed by atoms with Gasteiger partial charge in [-0.1, -0.05) is 75.1 Å². The zero-order valence-electron chi connectivity index (χ0n) is 19.7. The molecule has 0 aliphatic carbocycles. The maximum atomic E-state index is 9.33. The van der Waals surface area contributed by atoms with Crippen LogP contribution in [0.3, 0.4) is 0 Å². The lowest BCUT2D eigenvalue weighted by atomic mass is 9.98. The Bertz CT molecular complexity index is 660. The molecule has 180 valence electrons. The van der Waals surface area contributed by atoms with Gasteiger partial charge < -0.3 is 18.9 Å². The van der Waals surface area contributed by atoms with Crippen molar-refractivity contribution >= 4 is 11.8 Å². The second-order valence-electron chi connectivity index (χ2n) is 7.98. The molecule has 0 aromatic heterocycles. The van der Waals surface area contributed by atoms with Gasteiger partial charge in [-0.25, -0.2) is 0 Å². The minimum absolute atomic E-state index is 0.290. The van der Waals surface area contributed by atoms with E-state index in [1.165, 1.54) is 0 Å². The lowest BCUT2D eigenvalue weighted by Gasteiger charge is -2.44. The van der Waals surface area contributed by atoms with Crippen LogP contribution in [-0.4, -0.2) is 56.2 Å². The zero-order chi connectivity index (χ0) is 23.0. The Hall–Kier alpha value is -1.28. The summed E-state index contributed by atoms with van der Waals surface area (Å²) in [5, 5.41) is 4.13. The number of rotatable bonds is 16. The Balaban J connectivity index is 2.27. The molecular formula is C24H39N3O4S. The maximum Gasteiger partial charge on any atom is 0.119 e. The van der Waals surface area contributed by atoms with Crippen molar-refractivity contribution in [2.24, 2.45) is 5.11 Å². The lowest BCUT2D eigenvalue weighted by molar-refractivity contribution is -0.204. The minimum Gasteiger partial charge on any atom is -0.379 e. The van der Waals surface area contributed by atoms with Gasteiger partial charge in [0.05, 0.1) is 12.7 Å². The molecular weight excluding hydrogens is 426 g/mol. The number of hydrogen-bond donors (Lipinski definition) is 0. The molecule has 32 heavy (non-hydrogen) atoms. The summed E-state index contributed by atoms with van der Waals surface area (Å²) in [4.78, 5) is 4.19. The second kappa shape index (κ2) is 16.4. The molecule has 1 heterocycles. The first-order valence-electron chi connectivity index (χ1n) is 12.0. The van der Waals surface area contributed by atoms with Crippen LogP contribution in [0.15, 0.2) is 40.3 Å². The highest BCUT2D eigenvalue weighted by molar-refractivity contribution is 7.99. The third-order valence-electron chi connectivity index (χ3n) is 5.34. The molecule has 1 aliphatic heterocycles. The molecule has 0 N–H and O–H groups in total. The van der Waals surface area contributed by atoms with Gasteiger partial charge in [0.1, 0.15) is 23.7 Å². The number of hydrogen-bond acceptors (Lipinski definition) is 6. The largest absolute Gasteiger partial charge is 0.379 e. The van der Waals surface area contributed by atoms with E-state index in [1.54, 1.807) is 11.8 Å². The third kappa shape index (κ3) is 8.93. The molecule has 1 saturated heterocycles. The van der Waals surface area contributed by atoms with Gasteiger partial charge in [0.25, 0.3) is 0 Å². The zero-order valence-corrected chi connectivity index (χ0v) is 20.5. The summed E-state index contributed by atoms with van der Waals surface area (Å²) in [7, 11) is 0. The first-order valence-corrected chi connectivity index (χ1v) is 12.8. The number of ether oxygens (including phenoxy) is 4. The van der Waals surface area contributed by atoms with Crippen molar-refractivity contribution < 1.29 is 18.9 Å². The molecule has 1 fully saturated rings. The van der Waals surface area contributed by atoms with Gasteiger partial charge in [-0.3, -0.25) is 0 Å². The van der Waals surface area contributed by atoms with Crippen LogP contribution in [0.4, 0.5) is 0 Å². The second-order valence-corrected chi connectivity index (χ2v) is 9.15. The fourth-order valence-corrected chi connectivity index (χ4v) is 4.63. The molecule has 8 heteroatoms. The maximum absolute atomic E-state index is 9.33. The summed E-state index contributed by atoms with van der Waals surface area (Å²) >= 11 is 1.56. The molecule has 2 rings (SSSR count). The number of azide groups is 1. The van der Waals surface area contributed by atoms with Crippen LogP contribution in [0.2, 0.25) is 0 Å². The standard InChI is InChI=1S/C24H39N3O4S/c1-4-7-15-28-18-20-22(29-16-8-5-2)23(30-17-9-6-3)21(26-27-25)24(31-20)32-19-13-11-10-12-14-19/h10-14,20-24H,4-9,15-18H2,1-3H3/t20?,21?,22-,23?,24+/m1/s1. The molecule has 0 radical (unpaired) electrons. The Labute approximate surface area is 197 Å². The predicted molar refractivity (Wildman–Crippen MR) is 129 cm³/mol. The Morgan fingerprint density at radius 3 is 2.19 bits per heavy atom. The van der Waals surface area contributed by atoms with E-state index in [-0.39, 0.29) is 23.7 Å². The molecule has 5 atom stereocenters. The van der Waals surface area contributed by atoms with Crippen LogP contribution in [0.1, 0.15) is 59.3 Å². The van der Waals surface area contributed by atoms with Gasteiger partial charge in [-0.05, 0) is 36.9 Å². The molecule has 1 aromatic carbocycles. The van der Waals surface area contributed by atoms with Crippen LogP contribution in [0.25, 0.3) is 10.4 Å². The summed E-state index contributed by atoms with van der Waals surface area (Å²) in [6.07, 6.45) is 5.03. The average Bonchev–Trinajstić information content (AvgIpc) is 2.81. The third-order valence-corrected chi connectivity index (χ3v) is 6.50. The summed E-state index contributed by atoms with van der Waals surface area (Å²) in [5.41, 5.74) is 8.95. The first kappa shape index (κ1) is 27.0. The van der Waals surface area contributed by atoms with Crippen molar-refractivity contribution in [3.05, 3.63) is 40.8 Å². The monoisotopic (exact) mass is 465 g/mol. The van der Waals surface area contributed by atoms with Crippen molar-refractivity contribution in [3.8, 4) is 0 Å². The Kier molecular flexibility index (Phi) is 13.8. The Morgan fingerprint density at radius 1 is 0.938 bits per heavy atom. The highest BCUT2D eigenvalue weighted by atomic mass is 32.2. The van der Waals surface area contributed by atoms with Crippen LogP contribution in [0, 0.1) is 0 Å². The number of nitrogens with zero attached hydrogens (tertiary/aromatic N) is 3. The first-order chi connectivity index (χ1) is 15.7. The lowest BCUT2D eigenvalue weighted by Crippen LogP contribution is -2.59. The van der Waals surface area contributed by atoms with Gasteiger partial charge in [0.2, 0.25) is 0 Å². The molecule has 1 aliphatic rings. The van der Waals surface area contributed by atoms with Crippen LogP contribution >= 0.6 is 11.8 Å². The fourth-order valence-electron chi connectivity index (χ4n) is 3.50. The Morgan fingerprint density at radius 2 is 1.56 bits per heavy atom. The predicted octanol–water partition coefficient (Wildman–Crippen LogP) is 6.37. The van der Waals surface area contributed by atoms with E-state index in [4.69, 9.17) is 18.9 Å². The van der Waals surface area contributed by atoms with Gasteiger partial charge in [-0.15, -0.1) is 0 Å². The van der Waals surface area contributed by atoms with Gasteiger partial charge in [-0.2, -0.15) is 0 Å². The molecule has 7 nitrogen and oxygen atoms in total. The molecule has 0 saturated carbocycles. The number of unbranched alkanes of at least 4 members (excludes halogenated alkanes) is 3. The van der Waals surface area contributed by atoms with E-state index in [0.29, 0.717) is 26.4 Å². The van der Waals surface area contributed by atoms with Crippen LogP contribution in [-0.2, 0) is 18.9 Å². The van der Waals surface area contributed by atoms with Crippen LogP contribution in [0.5, 0.6) is 0 Å². The summed E-state index contributed by atoms with van der Waals surface area (Å²) in [6, 6.07) is 9.53. The van der Waals surface area contributed by atoms with Crippen molar-refractivity contribution in [1.82, 2.24) is 0 Å². The minimum atomic E-state index is -0.499. The van der Waals surface area contributed by atoms with Crippen LogP contribution < -0.4 is 0 Å². The van der Waals surface area contributed by atoms with Crippen molar-refractivity contribution in [2.75, 3.05) is 26.4 Å². The van der Waals surface area contributed by atoms with E-state index in [9.17, 15) is 5.53 Å². The topological polar surface area (TPSA) is 85.7 Å². The molecule has 0 spiro atoms. The molecule has 1 aromatic rings. The smallest absolute Gasteiger partial charge is 0.119 e. The summed E-state index contributed by atoms with van der Waals surface area (Å²) < 4.78 is 25.0. The highest BCUT2D eigenvalue weighted by Gasteiger charge is 2.47. The summed E-state index contributed by atoms with van der Waals surface area (Å²) in [6.45, 7) is 8.74. The van der Waals surface area contributed by atoms with E-state index < -0.39 is 6.04 Å². The van der Waals surface area contributed by atoms with E-state index in [1.807, 2.05) is 30.3 Å². The van der Waals surface area contributed by atoms with Crippen molar-refractivity contribution in [1.29, 1.82) is 0 Å². The number of thioether (sulfide) groups is 1. The number of benzene rings is 1. The molecule has 0 amide bonds. The van der Waals surface area contributed by atoms with Crippen molar-refractivity contribution in [2.45, 2.75) is 94.0 Å². The van der Waals surface area contributed by atoms with E-state index in [2.05, 4.69) is 30.8 Å². The highest BCUT2D eigenvalue weighted by Crippen LogP contribution is 2.37. The fraction of sp³-hybridized carbons (Fsp3) is 0.750. The molecule has 3 unspecified atom stereocenters. The average molecular weight is 466 g/mol. The SMILES string of the molecule is CCCCOCC1O[C@@H](Sc2ccccc2)C(N=[N+]=[N-])C(OCCCC)[C@@H]1OCCCC. The summed E-state index contributed by atoms with van der Waals surface area (Å²) in [5.74, 6) is 0. The van der Waals surface area contributed by atoms with Gasteiger partial charge in [0.15, 0.2) is 0 Å². The quantitative estimate of drug-likeness (QED) is 0.122. The normalized spacial score (nSPS) is 25.4. The van der Waals surface area contributed by atoms with Gasteiger partial charge >= 0.3 is 0 Å².